The lowest BCUT2D eigenvalue weighted by Gasteiger charge is -2.13. The van der Waals surface area contributed by atoms with Crippen LogP contribution >= 0.6 is 0 Å². The van der Waals surface area contributed by atoms with Crippen LogP contribution in [0.25, 0.3) is 55.8 Å². The van der Waals surface area contributed by atoms with Crippen LogP contribution in [0.1, 0.15) is 0 Å². The molecule has 184 valence electrons. The highest BCUT2D eigenvalue weighted by Gasteiger charge is 2.16. The van der Waals surface area contributed by atoms with E-state index in [4.69, 9.17) is 4.98 Å². The number of pyridine rings is 2. The Kier molecular flexibility index (Phi) is 5.86. The van der Waals surface area contributed by atoms with Crippen LogP contribution in [0.4, 0.5) is 10.1 Å². The van der Waals surface area contributed by atoms with Crippen molar-refractivity contribution in [1.82, 2.24) is 30.0 Å². The van der Waals surface area contributed by atoms with E-state index in [2.05, 4.69) is 36.4 Å². The fraction of sp³-hybridized carbons (Fsp3) is 0.138. The zero-order valence-electron chi connectivity index (χ0n) is 20.6. The molecule has 0 atom stereocenters. The predicted molar refractivity (Wildman–Crippen MR) is 147 cm³/mol. The lowest BCUT2D eigenvalue weighted by Crippen LogP contribution is -2.20. The number of benzene rings is 2. The van der Waals surface area contributed by atoms with E-state index in [-0.39, 0.29) is 5.82 Å². The largest absolute Gasteiger partial charge is 0.384 e. The summed E-state index contributed by atoms with van der Waals surface area (Å²) < 4.78 is 14.6. The van der Waals surface area contributed by atoms with Crippen LogP contribution in [0.15, 0.2) is 79.0 Å². The van der Waals surface area contributed by atoms with E-state index in [0.717, 1.165) is 74.6 Å². The molecule has 0 aliphatic rings. The minimum absolute atomic E-state index is 0.276. The molecule has 0 unspecified atom stereocenters. The van der Waals surface area contributed by atoms with Gasteiger partial charge in [-0.1, -0.05) is 18.2 Å². The molecule has 3 N–H and O–H groups in total. The van der Waals surface area contributed by atoms with E-state index in [1.807, 2.05) is 68.7 Å². The van der Waals surface area contributed by atoms with Crippen molar-refractivity contribution in [3.63, 3.8) is 0 Å². The number of H-pyrrole nitrogens is 2. The topological polar surface area (TPSA) is 85.5 Å². The Bertz CT molecular complexity index is 1700. The Labute approximate surface area is 213 Å². The number of anilines is 1. The van der Waals surface area contributed by atoms with Crippen LogP contribution in [0, 0.1) is 5.82 Å². The number of nitrogens with zero attached hydrogens (tertiary/aromatic N) is 4. The molecule has 0 saturated heterocycles. The molecule has 2 aromatic carbocycles. The molecule has 0 saturated carbocycles. The molecule has 0 aliphatic heterocycles. The van der Waals surface area contributed by atoms with Gasteiger partial charge in [-0.25, -0.2) is 9.37 Å². The summed E-state index contributed by atoms with van der Waals surface area (Å²) in [6.07, 6.45) is 1.76. The SMILES string of the molecule is CN(C)CCNc1cc(F)cc(-c2cccc3[nH]c(-c4n[nH]c5ccc(-c6ccccn6)nc45)cc23)c1. The first-order chi connectivity index (χ1) is 18.0. The highest BCUT2D eigenvalue weighted by Crippen LogP contribution is 2.35. The molecule has 8 heteroatoms. The van der Waals surface area contributed by atoms with E-state index < -0.39 is 0 Å². The summed E-state index contributed by atoms with van der Waals surface area (Å²) in [5, 5.41) is 12.0. The summed E-state index contributed by atoms with van der Waals surface area (Å²) in [5.74, 6) is -0.276. The zero-order valence-corrected chi connectivity index (χ0v) is 20.6. The molecule has 0 aliphatic carbocycles. The van der Waals surface area contributed by atoms with E-state index in [1.165, 1.54) is 6.07 Å². The molecule has 7 nitrogen and oxygen atoms in total. The summed E-state index contributed by atoms with van der Waals surface area (Å²) in [5.41, 5.74) is 8.19. The van der Waals surface area contributed by atoms with Crippen LogP contribution in [-0.2, 0) is 0 Å². The number of aromatic amines is 2. The van der Waals surface area contributed by atoms with Crippen molar-refractivity contribution in [3.8, 4) is 33.9 Å². The highest BCUT2D eigenvalue weighted by molar-refractivity contribution is 6.00. The number of nitrogens with one attached hydrogen (secondary N) is 3. The normalized spacial score (nSPS) is 11.6. The number of rotatable bonds is 7. The van der Waals surface area contributed by atoms with Crippen molar-refractivity contribution in [1.29, 1.82) is 0 Å². The fourth-order valence-corrected chi connectivity index (χ4v) is 4.55. The maximum absolute atomic E-state index is 14.6. The maximum Gasteiger partial charge on any atom is 0.135 e. The first-order valence-electron chi connectivity index (χ1n) is 12.1. The Morgan fingerprint density at radius 2 is 1.84 bits per heavy atom. The zero-order chi connectivity index (χ0) is 25.4. The van der Waals surface area contributed by atoms with Crippen molar-refractivity contribution in [2.75, 3.05) is 32.5 Å². The Hall–Kier alpha value is -4.56. The van der Waals surface area contributed by atoms with Gasteiger partial charge in [0.1, 0.15) is 17.0 Å². The van der Waals surface area contributed by atoms with Gasteiger partial charge in [-0.3, -0.25) is 10.1 Å². The average Bonchev–Trinajstić information content (AvgIpc) is 3.52. The molecule has 37 heavy (non-hydrogen) atoms. The average molecular weight is 492 g/mol. The van der Waals surface area contributed by atoms with Gasteiger partial charge in [-0.05, 0) is 79.8 Å². The first-order valence-corrected chi connectivity index (χ1v) is 12.1. The van der Waals surface area contributed by atoms with Crippen LogP contribution < -0.4 is 5.32 Å². The maximum atomic E-state index is 14.6. The van der Waals surface area contributed by atoms with Crippen molar-refractivity contribution in [2.24, 2.45) is 0 Å². The number of hydrogen-bond donors (Lipinski definition) is 3. The van der Waals surface area contributed by atoms with Gasteiger partial charge in [0.05, 0.1) is 22.6 Å². The highest BCUT2D eigenvalue weighted by atomic mass is 19.1. The number of fused-ring (bicyclic) bond motifs is 2. The monoisotopic (exact) mass is 491 g/mol. The van der Waals surface area contributed by atoms with Crippen LogP contribution in [0.2, 0.25) is 0 Å². The Balaban J connectivity index is 1.41. The molecule has 6 rings (SSSR count). The van der Waals surface area contributed by atoms with Crippen LogP contribution in [0.3, 0.4) is 0 Å². The number of aromatic nitrogens is 5. The second kappa shape index (κ2) is 9.48. The van der Waals surface area contributed by atoms with E-state index in [1.54, 1.807) is 12.3 Å². The van der Waals surface area contributed by atoms with Crippen molar-refractivity contribution in [2.45, 2.75) is 0 Å². The lowest BCUT2D eigenvalue weighted by atomic mass is 10.0. The Morgan fingerprint density at radius 1 is 0.919 bits per heavy atom. The smallest absolute Gasteiger partial charge is 0.135 e. The molecular formula is C29H26FN7. The summed E-state index contributed by atoms with van der Waals surface area (Å²) >= 11 is 0. The quantitative estimate of drug-likeness (QED) is 0.257. The molecule has 0 radical (unpaired) electrons. The standard InChI is InChI=1S/C29H26FN7/c1-37(2)13-12-31-20-15-18(14-19(30)16-20)21-6-5-8-23-22(21)17-27(33-23)29-28-26(35-36-29)10-9-25(34-28)24-7-3-4-11-32-24/h3-11,14-17,31,33H,12-13H2,1-2H3,(H,35,36). The van der Waals surface area contributed by atoms with Gasteiger partial charge in [0.2, 0.25) is 0 Å². The third-order valence-corrected chi connectivity index (χ3v) is 6.35. The van der Waals surface area contributed by atoms with Crippen molar-refractivity contribution < 1.29 is 4.39 Å². The third kappa shape index (κ3) is 4.54. The van der Waals surface area contributed by atoms with E-state index >= 15 is 0 Å². The fourth-order valence-electron chi connectivity index (χ4n) is 4.55. The minimum Gasteiger partial charge on any atom is -0.384 e. The second-order valence-corrected chi connectivity index (χ2v) is 9.29. The summed E-state index contributed by atoms with van der Waals surface area (Å²) in [6, 6.07) is 22.8. The van der Waals surface area contributed by atoms with Gasteiger partial charge < -0.3 is 15.2 Å². The predicted octanol–water partition coefficient (Wildman–Crippen LogP) is 5.95. The minimum atomic E-state index is -0.276. The molecule has 0 fully saturated rings. The van der Waals surface area contributed by atoms with E-state index in [0.29, 0.717) is 0 Å². The van der Waals surface area contributed by atoms with Crippen molar-refractivity contribution >= 4 is 27.6 Å². The molecule has 4 heterocycles. The van der Waals surface area contributed by atoms with Gasteiger partial charge in [-0.2, -0.15) is 5.10 Å². The van der Waals surface area contributed by atoms with Crippen LogP contribution in [0.5, 0.6) is 0 Å². The number of likely N-dealkylation sites (N-methyl/N-ethyl adjacent to an activating group) is 1. The van der Waals surface area contributed by atoms with Crippen molar-refractivity contribution in [3.05, 3.63) is 84.8 Å². The number of halogens is 1. The lowest BCUT2D eigenvalue weighted by molar-refractivity contribution is 0.425. The van der Waals surface area contributed by atoms with Gasteiger partial charge >= 0.3 is 0 Å². The first kappa shape index (κ1) is 22.9. The second-order valence-electron chi connectivity index (χ2n) is 9.29. The molecule has 6 aromatic rings. The Morgan fingerprint density at radius 3 is 2.68 bits per heavy atom. The molecule has 0 spiro atoms. The summed E-state index contributed by atoms with van der Waals surface area (Å²) in [4.78, 5) is 14.9. The summed E-state index contributed by atoms with van der Waals surface area (Å²) in [7, 11) is 4.03. The van der Waals surface area contributed by atoms with Gasteiger partial charge in [0.15, 0.2) is 0 Å². The molecule has 0 amide bonds. The van der Waals surface area contributed by atoms with Gasteiger partial charge in [-0.15, -0.1) is 0 Å². The van der Waals surface area contributed by atoms with E-state index in [9.17, 15) is 4.39 Å². The van der Waals surface area contributed by atoms with Crippen LogP contribution in [-0.4, -0.2) is 57.2 Å². The van der Waals surface area contributed by atoms with Gasteiger partial charge in [0.25, 0.3) is 0 Å². The van der Waals surface area contributed by atoms with Gasteiger partial charge in [0, 0.05) is 35.9 Å². The third-order valence-electron chi connectivity index (χ3n) is 6.35. The summed E-state index contributed by atoms with van der Waals surface area (Å²) in [6.45, 7) is 1.59. The molecule has 0 bridgehead atoms. The molecular weight excluding hydrogens is 465 g/mol. The number of hydrogen-bond acceptors (Lipinski definition) is 5. The molecule has 4 aromatic heterocycles.